The number of para-hydroxylation sites is 2. The summed E-state index contributed by atoms with van der Waals surface area (Å²) >= 11 is 0. The lowest BCUT2D eigenvalue weighted by Gasteiger charge is -2.28. The second-order valence-electron chi connectivity index (χ2n) is 15.9. The SMILES string of the molecule is CC1(C)c2ccccc2-c2ccc(N(c3ccccc3)c3ccc(-c4ccccc4)cc3)cc21.CC1(C)c2ccccc2-c2ccc(Nc3ccccc3)cc21. The molecule has 2 nitrogen and oxygen atoms in total. The zero-order chi connectivity index (χ0) is 38.3. The Morgan fingerprint density at radius 3 is 1.36 bits per heavy atom. The molecule has 1 N–H and O–H groups in total. The Labute approximate surface area is 331 Å². The fourth-order valence-corrected chi connectivity index (χ4v) is 8.76. The molecule has 0 saturated heterocycles. The van der Waals surface area contributed by atoms with Crippen molar-refractivity contribution in [2.24, 2.45) is 0 Å². The Balaban J connectivity index is 0.000000161. The van der Waals surface area contributed by atoms with E-state index in [2.05, 4.69) is 232 Å². The van der Waals surface area contributed by atoms with Gasteiger partial charge in [0.25, 0.3) is 0 Å². The molecule has 272 valence electrons. The molecule has 0 spiro atoms. The van der Waals surface area contributed by atoms with Crippen LogP contribution in [0, 0.1) is 0 Å². The van der Waals surface area contributed by atoms with E-state index in [1.54, 1.807) is 0 Å². The predicted molar refractivity (Wildman–Crippen MR) is 238 cm³/mol. The smallest absolute Gasteiger partial charge is 0.0465 e. The van der Waals surface area contributed by atoms with Gasteiger partial charge in [-0.05, 0) is 116 Å². The highest BCUT2D eigenvalue weighted by Gasteiger charge is 2.36. The van der Waals surface area contributed by atoms with Crippen LogP contribution in [-0.2, 0) is 10.8 Å². The number of nitrogens with one attached hydrogen (secondary N) is 1. The van der Waals surface area contributed by atoms with Crippen LogP contribution in [0.1, 0.15) is 49.9 Å². The molecule has 10 rings (SSSR count). The Hall–Kier alpha value is -6.64. The van der Waals surface area contributed by atoms with Crippen molar-refractivity contribution in [3.63, 3.8) is 0 Å². The number of hydrogen-bond donors (Lipinski definition) is 1. The summed E-state index contributed by atoms with van der Waals surface area (Å²) in [7, 11) is 0. The Morgan fingerprint density at radius 1 is 0.321 bits per heavy atom. The molecule has 2 heteroatoms. The van der Waals surface area contributed by atoms with Crippen molar-refractivity contribution in [1.29, 1.82) is 0 Å². The summed E-state index contributed by atoms with van der Waals surface area (Å²) in [4.78, 5) is 2.36. The average Bonchev–Trinajstić information content (AvgIpc) is 3.61. The van der Waals surface area contributed by atoms with Crippen molar-refractivity contribution < 1.29 is 0 Å². The molecule has 0 bridgehead atoms. The van der Waals surface area contributed by atoms with Crippen LogP contribution < -0.4 is 10.2 Å². The van der Waals surface area contributed by atoms with Crippen molar-refractivity contribution in [3.8, 4) is 33.4 Å². The van der Waals surface area contributed by atoms with E-state index in [9.17, 15) is 0 Å². The summed E-state index contributed by atoms with van der Waals surface area (Å²) in [5, 5.41) is 3.50. The first-order valence-corrected chi connectivity index (χ1v) is 19.6. The van der Waals surface area contributed by atoms with Crippen LogP contribution in [0.25, 0.3) is 33.4 Å². The minimum Gasteiger partial charge on any atom is -0.356 e. The highest BCUT2D eigenvalue weighted by Crippen LogP contribution is 2.51. The molecule has 56 heavy (non-hydrogen) atoms. The second kappa shape index (κ2) is 14.2. The number of hydrogen-bond acceptors (Lipinski definition) is 2. The third-order valence-corrected chi connectivity index (χ3v) is 11.7. The van der Waals surface area contributed by atoms with Gasteiger partial charge < -0.3 is 10.2 Å². The van der Waals surface area contributed by atoms with E-state index in [0.717, 1.165) is 22.7 Å². The van der Waals surface area contributed by atoms with Crippen molar-refractivity contribution in [3.05, 3.63) is 222 Å². The molecule has 0 atom stereocenters. The monoisotopic (exact) mass is 722 g/mol. The molecule has 8 aromatic rings. The summed E-state index contributed by atoms with van der Waals surface area (Å²) < 4.78 is 0. The van der Waals surface area contributed by atoms with Crippen molar-refractivity contribution in [1.82, 2.24) is 0 Å². The van der Waals surface area contributed by atoms with Crippen LogP contribution in [0.3, 0.4) is 0 Å². The fraction of sp³-hybridized carbons (Fsp3) is 0.111. The molecule has 0 fully saturated rings. The molecule has 0 heterocycles. The average molecular weight is 723 g/mol. The van der Waals surface area contributed by atoms with Gasteiger partial charge in [0.05, 0.1) is 0 Å². The zero-order valence-corrected chi connectivity index (χ0v) is 32.5. The molecule has 0 amide bonds. The lowest BCUT2D eigenvalue weighted by atomic mass is 9.82. The van der Waals surface area contributed by atoms with E-state index >= 15 is 0 Å². The van der Waals surface area contributed by atoms with E-state index in [1.165, 1.54) is 61.3 Å². The maximum absolute atomic E-state index is 3.50. The fourth-order valence-electron chi connectivity index (χ4n) is 8.76. The maximum atomic E-state index is 3.50. The quantitative estimate of drug-likeness (QED) is 0.184. The summed E-state index contributed by atoms with van der Waals surface area (Å²) in [5.41, 5.74) is 19.3. The molecule has 0 aromatic heterocycles. The van der Waals surface area contributed by atoms with Gasteiger partial charge in [0.15, 0.2) is 0 Å². The van der Waals surface area contributed by atoms with Gasteiger partial charge in [-0.15, -0.1) is 0 Å². The molecule has 0 radical (unpaired) electrons. The first-order valence-electron chi connectivity index (χ1n) is 19.6. The van der Waals surface area contributed by atoms with Crippen LogP contribution in [0.15, 0.2) is 200 Å². The van der Waals surface area contributed by atoms with Gasteiger partial charge in [-0.25, -0.2) is 0 Å². The second-order valence-corrected chi connectivity index (χ2v) is 15.9. The van der Waals surface area contributed by atoms with Gasteiger partial charge in [0.2, 0.25) is 0 Å². The van der Waals surface area contributed by atoms with E-state index in [0.29, 0.717) is 0 Å². The highest BCUT2D eigenvalue weighted by atomic mass is 15.1. The number of rotatable bonds is 6. The molecule has 8 aromatic carbocycles. The molecule has 0 unspecified atom stereocenters. The van der Waals surface area contributed by atoms with Gasteiger partial charge in [-0.1, -0.05) is 167 Å². The largest absolute Gasteiger partial charge is 0.356 e. The van der Waals surface area contributed by atoms with Gasteiger partial charge in [0.1, 0.15) is 0 Å². The Morgan fingerprint density at radius 2 is 0.750 bits per heavy atom. The highest BCUT2D eigenvalue weighted by molar-refractivity contribution is 5.86. The summed E-state index contributed by atoms with van der Waals surface area (Å²) in [6.07, 6.45) is 0. The number of fused-ring (bicyclic) bond motifs is 6. The Bertz CT molecular complexity index is 2640. The minimum absolute atomic E-state index is 0.0263. The Kier molecular flexibility index (Phi) is 8.90. The minimum atomic E-state index is -0.0263. The van der Waals surface area contributed by atoms with Crippen LogP contribution >= 0.6 is 0 Å². The number of anilines is 5. The number of benzene rings is 8. The van der Waals surface area contributed by atoms with E-state index in [-0.39, 0.29) is 10.8 Å². The number of nitrogens with zero attached hydrogens (tertiary/aromatic N) is 1. The predicted octanol–water partition coefficient (Wildman–Crippen LogP) is 14.9. The summed E-state index contributed by atoms with van der Waals surface area (Å²) in [6, 6.07) is 71.6. The van der Waals surface area contributed by atoms with Gasteiger partial charge in [0, 0.05) is 39.3 Å². The summed E-state index contributed by atoms with van der Waals surface area (Å²) in [5.74, 6) is 0. The summed E-state index contributed by atoms with van der Waals surface area (Å²) in [6.45, 7) is 9.29. The van der Waals surface area contributed by atoms with E-state index in [1.807, 2.05) is 6.07 Å². The topological polar surface area (TPSA) is 15.3 Å². The van der Waals surface area contributed by atoms with Gasteiger partial charge in [-0.3, -0.25) is 0 Å². The first-order chi connectivity index (χ1) is 27.3. The van der Waals surface area contributed by atoms with Crippen molar-refractivity contribution >= 4 is 28.4 Å². The lowest BCUT2D eigenvalue weighted by molar-refractivity contribution is 0.660. The van der Waals surface area contributed by atoms with E-state index in [4.69, 9.17) is 0 Å². The maximum Gasteiger partial charge on any atom is 0.0465 e. The zero-order valence-electron chi connectivity index (χ0n) is 32.5. The third kappa shape index (κ3) is 6.28. The standard InChI is InChI=1S/C33H27N.C21H19N/c1-33(2)31-16-10-9-15-29(31)30-22-21-28(23-32(30)33)34(26-13-7-4-8-14-26)27-19-17-25(18-20-27)24-11-5-3-6-12-24;1-21(2)19-11-7-6-10-17(19)18-13-12-16(14-20(18)21)22-15-8-4-3-5-9-15/h3-23H,1-2H3;3-14,22H,1-2H3. The normalized spacial score (nSPS) is 13.6. The van der Waals surface area contributed by atoms with Crippen LogP contribution in [0.4, 0.5) is 28.4 Å². The molecule has 0 saturated carbocycles. The van der Waals surface area contributed by atoms with Gasteiger partial charge in [-0.2, -0.15) is 0 Å². The van der Waals surface area contributed by atoms with E-state index < -0.39 is 0 Å². The van der Waals surface area contributed by atoms with Crippen LogP contribution in [0.2, 0.25) is 0 Å². The lowest BCUT2D eigenvalue weighted by Crippen LogP contribution is -2.16. The van der Waals surface area contributed by atoms with Crippen LogP contribution in [-0.4, -0.2) is 0 Å². The molecular formula is C54H46N2. The van der Waals surface area contributed by atoms with Crippen molar-refractivity contribution in [2.45, 2.75) is 38.5 Å². The first kappa shape index (κ1) is 35.1. The molecular weight excluding hydrogens is 677 g/mol. The molecule has 0 aliphatic heterocycles. The molecule has 2 aliphatic carbocycles. The van der Waals surface area contributed by atoms with Crippen LogP contribution in [0.5, 0.6) is 0 Å². The molecule has 2 aliphatic rings. The van der Waals surface area contributed by atoms with Crippen molar-refractivity contribution in [2.75, 3.05) is 10.2 Å². The third-order valence-electron chi connectivity index (χ3n) is 11.7. The van der Waals surface area contributed by atoms with Gasteiger partial charge >= 0.3 is 0 Å².